The SMILES string of the molecule is CCN(CC1(C)CCCCN1)C1CC1. The molecule has 14 heavy (non-hydrogen) atoms. The van der Waals surface area contributed by atoms with Crippen LogP contribution in [0.1, 0.15) is 46.0 Å². The molecular formula is C12H24N2. The van der Waals surface area contributed by atoms with Gasteiger partial charge in [-0.05, 0) is 45.7 Å². The van der Waals surface area contributed by atoms with E-state index < -0.39 is 0 Å². The first-order valence-electron chi connectivity index (χ1n) is 6.22. The van der Waals surface area contributed by atoms with Gasteiger partial charge in [0.2, 0.25) is 0 Å². The smallest absolute Gasteiger partial charge is 0.0280 e. The molecule has 82 valence electrons. The van der Waals surface area contributed by atoms with Gasteiger partial charge in [0.25, 0.3) is 0 Å². The Morgan fingerprint density at radius 3 is 2.64 bits per heavy atom. The summed E-state index contributed by atoms with van der Waals surface area (Å²) in [7, 11) is 0. The van der Waals surface area contributed by atoms with Crippen molar-refractivity contribution >= 4 is 0 Å². The molecule has 1 saturated carbocycles. The fraction of sp³-hybridized carbons (Fsp3) is 1.00. The maximum atomic E-state index is 3.70. The van der Waals surface area contributed by atoms with Gasteiger partial charge in [-0.15, -0.1) is 0 Å². The molecule has 1 heterocycles. The van der Waals surface area contributed by atoms with E-state index in [9.17, 15) is 0 Å². The van der Waals surface area contributed by atoms with Gasteiger partial charge in [-0.1, -0.05) is 13.3 Å². The first-order chi connectivity index (χ1) is 6.73. The molecule has 2 fully saturated rings. The van der Waals surface area contributed by atoms with Crippen molar-refractivity contribution in [3.05, 3.63) is 0 Å². The molecular weight excluding hydrogens is 172 g/mol. The number of nitrogens with zero attached hydrogens (tertiary/aromatic N) is 1. The number of nitrogens with one attached hydrogen (secondary N) is 1. The van der Waals surface area contributed by atoms with Gasteiger partial charge < -0.3 is 5.32 Å². The van der Waals surface area contributed by atoms with Crippen LogP contribution < -0.4 is 5.32 Å². The normalized spacial score (nSPS) is 33.6. The van der Waals surface area contributed by atoms with Crippen LogP contribution in [-0.4, -0.2) is 36.1 Å². The summed E-state index contributed by atoms with van der Waals surface area (Å²) in [6.07, 6.45) is 7.00. The summed E-state index contributed by atoms with van der Waals surface area (Å²) in [5.74, 6) is 0. The monoisotopic (exact) mass is 196 g/mol. The van der Waals surface area contributed by atoms with E-state index in [0.717, 1.165) is 6.04 Å². The van der Waals surface area contributed by atoms with Crippen LogP contribution >= 0.6 is 0 Å². The zero-order valence-corrected chi connectivity index (χ0v) is 9.68. The van der Waals surface area contributed by atoms with Crippen molar-refractivity contribution in [2.45, 2.75) is 57.5 Å². The van der Waals surface area contributed by atoms with Crippen molar-refractivity contribution < 1.29 is 0 Å². The van der Waals surface area contributed by atoms with E-state index in [4.69, 9.17) is 0 Å². The van der Waals surface area contributed by atoms with Crippen molar-refractivity contribution in [1.29, 1.82) is 0 Å². The molecule has 2 heteroatoms. The lowest BCUT2D eigenvalue weighted by atomic mass is 9.90. The molecule has 0 bridgehead atoms. The molecule has 1 atom stereocenters. The van der Waals surface area contributed by atoms with Gasteiger partial charge in [-0.2, -0.15) is 0 Å². The van der Waals surface area contributed by atoms with Gasteiger partial charge in [0.1, 0.15) is 0 Å². The second-order valence-electron chi connectivity index (χ2n) is 5.24. The zero-order valence-electron chi connectivity index (χ0n) is 9.68. The Morgan fingerprint density at radius 2 is 2.14 bits per heavy atom. The summed E-state index contributed by atoms with van der Waals surface area (Å²) >= 11 is 0. The number of hydrogen-bond donors (Lipinski definition) is 1. The highest BCUT2D eigenvalue weighted by molar-refractivity contribution is 4.93. The lowest BCUT2D eigenvalue weighted by Gasteiger charge is -2.39. The predicted octanol–water partition coefficient (Wildman–Crippen LogP) is 2.00. The van der Waals surface area contributed by atoms with Gasteiger partial charge in [-0.25, -0.2) is 0 Å². The lowest BCUT2D eigenvalue weighted by Crippen LogP contribution is -2.54. The van der Waals surface area contributed by atoms with Gasteiger partial charge in [0, 0.05) is 18.1 Å². The van der Waals surface area contributed by atoms with Crippen LogP contribution in [0.4, 0.5) is 0 Å². The average molecular weight is 196 g/mol. The maximum absolute atomic E-state index is 3.70. The van der Waals surface area contributed by atoms with Crippen molar-refractivity contribution in [2.24, 2.45) is 0 Å². The third-order valence-corrected chi connectivity index (χ3v) is 3.73. The van der Waals surface area contributed by atoms with E-state index in [1.165, 1.54) is 51.7 Å². The molecule has 0 radical (unpaired) electrons. The summed E-state index contributed by atoms with van der Waals surface area (Å²) in [6, 6.07) is 0.917. The van der Waals surface area contributed by atoms with Crippen molar-refractivity contribution in [3.63, 3.8) is 0 Å². The fourth-order valence-corrected chi connectivity index (χ4v) is 2.64. The molecule has 2 aliphatic rings. The second-order valence-corrected chi connectivity index (χ2v) is 5.24. The van der Waals surface area contributed by atoms with E-state index in [2.05, 4.69) is 24.1 Å². The summed E-state index contributed by atoms with van der Waals surface area (Å²) < 4.78 is 0. The first-order valence-corrected chi connectivity index (χ1v) is 6.22. The number of likely N-dealkylation sites (N-methyl/N-ethyl adjacent to an activating group) is 1. The van der Waals surface area contributed by atoms with Crippen molar-refractivity contribution in [3.8, 4) is 0 Å². The Kier molecular flexibility index (Phi) is 3.13. The molecule has 0 spiro atoms. The quantitative estimate of drug-likeness (QED) is 0.740. The highest BCUT2D eigenvalue weighted by Crippen LogP contribution is 2.29. The van der Waals surface area contributed by atoms with E-state index in [-0.39, 0.29) is 0 Å². The van der Waals surface area contributed by atoms with E-state index in [0.29, 0.717) is 5.54 Å². The standard InChI is InChI=1S/C12H24N2/c1-3-14(11-6-7-11)10-12(2)8-4-5-9-13-12/h11,13H,3-10H2,1-2H3. The highest BCUT2D eigenvalue weighted by atomic mass is 15.2. The summed E-state index contributed by atoms with van der Waals surface area (Å²) in [5, 5.41) is 3.70. The second kappa shape index (κ2) is 4.19. The number of piperidine rings is 1. The van der Waals surface area contributed by atoms with E-state index in [1.54, 1.807) is 0 Å². The van der Waals surface area contributed by atoms with Crippen LogP contribution in [0.2, 0.25) is 0 Å². The lowest BCUT2D eigenvalue weighted by molar-refractivity contribution is 0.163. The molecule has 0 amide bonds. The van der Waals surface area contributed by atoms with Gasteiger partial charge in [-0.3, -0.25) is 4.90 Å². The summed E-state index contributed by atoms with van der Waals surface area (Å²) in [4.78, 5) is 2.66. The third-order valence-electron chi connectivity index (χ3n) is 3.73. The molecule has 2 nitrogen and oxygen atoms in total. The maximum Gasteiger partial charge on any atom is 0.0280 e. The first kappa shape index (κ1) is 10.4. The Balaban J connectivity index is 1.86. The molecule has 1 aliphatic heterocycles. The van der Waals surface area contributed by atoms with Gasteiger partial charge >= 0.3 is 0 Å². The fourth-order valence-electron chi connectivity index (χ4n) is 2.64. The highest BCUT2D eigenvalue weighted by Gasteiger charge is 2.34. The van der Waals surface area contributed by atoms with E-state index >= 15 is 0 Å². The zero-order chi connectivity index (χ0) is 10.0. The minimum atomic E-state index is 0.400. The minimum Gasteiger partial charge on any atom is -0.310 e. The molecule has 1 unspecified atom stereocenters. The molecule has 2 rings (SSSR count). The summed E-state index contributed by atoms with van der Waals surface area (Å²) in [5.41, 5.74) is 0.400. The minimum absolute atomic E-state index is 0.400. The van der Waals surface area contributed by atoms with Crippen LogP contribution in [0, 0.1) is 0 Å². The average Bonchev–Trinajstić information content (AvgIpc) is 2.99. The van der Waals surface area contributed by atoms with Crippen LogP contribution in [0.25, 0.3) is 0 Å². The van der Waals surface area contributed by atoms with Gasteiger partial charge in [0.15, 0.2) is 0 Å². The third kappa shape index (κ3) is 2.48. The van der Waals surface area contributed by atoms with Crippen LogP contribution in [0.5, 0.6) is 0 Å². The largest absolute Gasteiger partial charge is 0.310 e. The van der Waals surface area contributed by atoms with Crippen LogP contribution in [0.3, 0.4) is 0 Å². The van der Waals surface area contributed by atoms with E-state index in [1.807, 2.05) is 0 Å². The Labute approximate surface area is 88.1 Å². The molecule has 1 N–H and O–H groups in total. The van der Waals surface area contributed by atoms with Crippen LogP contribution in [-0.2, 0) is 0 Å². The number of rotatable bonds is 4. The van der Waals surface area contributed by atoms with Crippen molar-refractivity contribution in [2.75, 3.05) is 19.6 Å². The molecule has 0 aromatic heterocycles. The Hall–Kier alpha value is -0.0800. The topological polar surface area (TPSA) is 15.3 Å². The van der Waals surface area contributed by atoms with Crippen LogP contribution in [0.15, 0.2) is 0 Å². The Morgan fingerprint density at radius 1 is 1.36 bits per heavy atom. The molecule has 1 aliphatic carbocycles. The molecule has 1 saturated heterocycles. The summed E-state index contributed by atoms with van der Waals surface area (Å²) in [6.45, 7) is 8.40. The van der Waals surface area contributed by atoms with Gasteiger partial charge in [0.05, 0.1) is 0 Å². The predicted molar refractivity (Wildman–Crippen MR) is 60.5 cm³/mol. The molecule has 0 aromatic carbocycles. The Bertz CT molecular complexity index is 181. The molecule has 0 aromatic rings. The number of hydrogen-bond acceptors (Lipinski definition) is 2. The van der Waals surface area contributed by atoms with Crippen molar-refractivity contribution in [1.82, 2.24) is 10.2 Å².